The fourth-order valence-electron chi connectivity index (χ4n) is 3.32. The number of rotatable bonds is 3. The average Bonchev–Trinajstić information content (AvgIpc) is 3.13. The van der Waals surface area contributed by atoms with Crippen LogP contribution in [0.2, 0.25) is 0 Å². The number of halogens is 3. The molecule has 0 aliphatic carbocycles. The predicted octanol–water partition coefficient (Wildman–Crippen LogP) is 3.08. The molecule has 0 bridgehead atoms. The number of aromatic nitrogens is 3. The largest absolute Gasteiger partial charge is 0.495 e. The smallest absolute Gasteiger partial charge is 0.434 e. The van der Waals surface area contributed by atoms with Gasteiger partial charge in [-0.15, -0.1) is 0 Å². The van der Waals surface area contributed by atoms with Gasteiger partial charge in [0.25, 0.3) is 0 Å². The lowest BCUT2D eigenvalue weighted by Crippen LogP contribution is -2.47. The monoisotopic (exact) mass is 377 g/mol. The number of hydrogen-bond acceptors (Lipinski definition) is 5. The second kappa shape index (κ2) is 6.64. The SMILES string of the molecule is COc1ccccc1N1CCN(c2nccn3cc(C(F)(F)F)nc23)CC1. The minimum atomic E-state index is -4.48. The van der Waals surface area contributed by atoms with Crippen molar-refractivity contribution in [1.82, 2.24) is 14.4 Å². The van der Waals surface area contributed by atoms with E-state index in [1.54, 1.807) is 7.11 Å². The highest BCUT2D eigenvalue weighted by atomic mass is 19.4. The van der Waals surface area contributed by atoms with Crippen molar-refractivity contribution in [2.75, 3.05) is 43.1 Å². The first-order valence-corrected chi connectivity index (χ1v) is 8.51. The number of ether oxygens (including phenoxy) is 1. The van der Waals surface area contributed by atoms with E-state index in [4.69, 9.17) is 4.74 Å². The van der Waals surface area contributed by atoms with Crippen molar-refractivity contribution in [2.24, 2.45) is 0 Å². The minimum Gasteiger partial charge on any atom is -0.495 e. The number of imidazole rings is 1. The number of fused-ring (bicyclic) bond motifs is 1. The highest BCUT2D eigenvalue weighted by Crippen LogP contribution is 2.32. The standard InChI is InChI=1S/C18H18F3N5O/c1-27-14-5-3-2-4-13(14)24-8-10-25(11-9-24)16-17-23-15(18(19,20)21)12-26(17)7-6-22-16/h2-7,12H,8-11H2,1H3. The summed E-state index contributed by atoms with van der Waals surface area (Å²) in [6, 6.07) is 7.78. The molecule has 0 radical (unpaired) electrons. The Bertz CT molecular complexity index is 948. The van der Waals surface area contributed by atoms with Crippen LogP contribution in [0.1, 0.15) is 5.69 Å². The van der Waals surface area contributed by atoms with E-state index in [0.717, 1.165) is 17.6 Å². The Kier molecular flexibility index (Phi) is 4.29. The third kappa shape index (κ3) is 3.24. The molecule has 0 N–H and O–H groups in total. The van der Waals surface area contributed by atoms with Crippen LogP contribution in [0.3, 0.4) is 0 Å². The third-order valence-corrected chi connectivity index (χ3v) is 4.65. The van der Waals surface area contributed by atoms with Crippen LogP contribution in [0.25, 0.3) is 5.65 Å². The quantitative estimate of drug-likeness (QED) is 0.702. The number of anilines is 2. The zero-order chi connectivity index (χ0) is 19.0. The second-order valence-electron chi connectivity index (χ2n) is 6.25. The van der Waals surface area contributed by atoms with Gasteiger partial charge in [0.05, 0.1) is 12.8 Å². The van der Waals surface area contributed by atoms with Crippen LogP contribution >= 0.6 is 0 Å². The lowest BCUT2D eigenvalue weighted by molar-refractivity contribution is -0.140. The van der Waals surface area contributed by atoms with Crippen LogP contribution in [0.4, 0.5) is 24.7 Å². The molecule has 4 rings (SSSR count). The van der Waals surface area contributed by atoms with E-state index in [1.807, 2.05) is 29.2 Å². The summed E-state index contributed by atoms with van der Waals surface area (Å²) in [5, 5.41) is 0. The fraction of sp³-hybridized carbons (Fsp3) is 0.333. The summed E-state index contributed by atoms with van der Waals surface area (Å²) in [4.78, 5) is 12.2. The van der Waals surface area contributed by atoms with Gasteiger partial charge in [0.2, 0.25) is 0 Å². The summed E-state index contributed by atoms with van der Waals surface area (Å²) >= 11 is 0. The van der Waals surface area contributed by atoms with Gasteiger partial charge in [-0.25, -0.2) is 9.97 Å². The Labute approximate surface area is 153 Å². The molecule has 142 valence electrons. The normalized spacial score (nSPS) is 15.4. The van der Waals surface area contributed by atoms with E-state index < -0.39 is 11.9 Å². The number of piperazine rings is 1. The molecule has 1 saturated heterocycles. The van der Waals surface area contributed by atoms with Gasteiger partial charge in [-0.2, -0.15) is 13.2 Å². The molecule has 1 aromatic carbocycles. The van der Waals surface area contributed by atoms with Gasteiger partial charge in [0.15, 0.2) is 17.2 Å². The molecule has 0 spiro atoms. The summed E-state index contributed by atoms with van der Waals surface area (Å²) in [5.74, 6) is 1.27. The Morgan fingerprint density at radius 3 is 2.44 bits per heavy atom. The molecule has 1 fully saturated rings. The first-order valence-electron chi connectivity index (χ1n) is 8.51. The summed E-state index contributed by atoms with van der Waals surface area (Å²) < 4.78 is 45.7. The van der Waals surface area contributed by atoms with Gasteiger partial charge >= 0.3 is 6.18 Å². The maximum Gasteiger partial charge on any atom is 0.434 e. The molecule has 1 aliphatic rings. The lowest BCUT2D eigenvalue weighted by Gasteiger charge is -2.37. The summed E-state index contributed by atoms with van der Waals surface area (Å²) in [6.07, 6.45) is -0.514. The Hall–Kier alpha value is -2.97. The van der Waals surface area contributed by atoms with E-state index in [9.17, 15) is 13.2 Å². The average molecular weight is 377 g/mol. The number of alkyl halides is 3. The zero-order valence-electron chi connectivity index (χ0n) is 14.6. The van der Waals surface area contributed by atoms with Crippen molar-refractivity contribution >= 4 is 17.2 Å². The van der Waals surface area contributed by atoms with Crippen LogP contribution in [-0.4, -0.2) is 47.7 Å². The molecule has 0 atom stereocenters. The maximum absolute atomic E-state index is 13.0. The van der Waals surface area contributed by atoms with E-state index in [2.05, 4.69) is 14.9 Å². The van der Waals surface area contributed by atoms with Crippen LogP contribution < -0.4 is 14.5 Å². The molecule has 6 nitrogen and oxygen atoms in total. The summed E-state index contributed by atoms with van der Waals surface area (Å²) in [6.45, 7) is 2.66. The van der Waals surface area contributed by atoms with Crippen molar-refractivity contribution in [1.29, 1.82) is 0 Å². The van der Waals surface area contributed by atoms with Crippen LogP contribution in [0, 0.1) is 0 Å². The molecule has 3 aromatic rings. The molecule has 2 aromatic heterocycles. The van der Waals surface area contributed by atoms with Crippen molar-refractivity contribution in [3.63, 3.8) is 0 Å². The Morgan fingerprint density at radius 1 is 1.04 bits per heavy atom. The molecule has 3 heterocycles. The molecular formula is C18H18F3N5O. The first-order chi connectivity index (χ1) is 13.0. The minimum absolute atomic E-state index is 0.218. The molecule has 0 saturated carbocycles. The summed E-state index contributed by atoms with van der Waals surface area (Å²) in [5.41, 5.74) is 0.311. The van der Waals surface area contributed by atoms with Gasteiger partial charge in [-0.05, 0) is 12.1 Å². The zero-order valence-corrected chi connectivity index (χ0v) is 14.6. The van der Waals surface area contributed by atoms with Crippen molar-refractivity contribution in [2.45, 2.75) is 6.18 Å². The van der Waals surface area contributed by atoms with Crippen molar-refractivity contribution < 1.29 is 17.9 Å². The number of benzene rings is 1. The predicted molar refractivity (Wildman–Crippen MR) is 95.4 cm³/mol. The van der Waals surface area contributed by atoms with E-state index in [1.165, 1.54) is 16.8 Å². The van der Waals surface area contributed by atoms with Crippen molar-refractivity contribution in [3.8, 4) is 5.75 Å². The molecule has 0 unspecified atom stereocenters. The number of hydrogen-bond donors (Lipinski definition) is 0. The number of methoxy groups -OCH3 is 1. The third-order valence-electron chi connectivity index (χ3n) is 4.65. The molecule has 0 amide bonds. The Morgan fingerprint density at radius 2 is 1.74 bits per heavy atom. The fourth-order valence-corrected chi connectivity index (χ4v) is 3.32. The van der Waals surface area contributed by atoms with E-state index >= 15 is 0 Å². The topological polar surface area (TPSA) is 45.9 Å². The van der Waals surface area contributed by atoms with Crippen LogP contribution in [-0.2, 0) is 6.18 Å². The van der Waals surface area contributed by atoms with Crippen LogP contribution in [0.5, 0.6) is 5.75 Å². The lowest BCUT2D eigenvalue weighted by atomic mass is 10.2. The summed E-state index contributed by atoms with van der Waals surface area (Å²) in [7, 11) is 1.64. The van der Waals surface area contributed by atoms with Crippen molar-refractivity contribution in [3.05, 3.63) is 48.5 Å². The highest BCUT2D eigenvalue weighted by Gasteiger charge is 2.34. The van der Waals surface area contributed by atoms with Crippen LogP contribution in [0.15, 0.2) is 42.9 Å². The van der Waals surface area contributed by atoms with Gasteiger partial charge in [-0.1, -0.05) is 12.1 Å². The van der Waals surface area contributed by atoms with E-state index in [-0.39, 0.29) is 5.65 Å². The molecule has 1 aliphatic heterocycles. The maximum atomic E-state index is 13.0. The van der Waals surface area contributed by atoms with E-state index in [0.29, 0.717) is 32.0 Å². The van der Waals surface area contributed by atoms with Gasteiger partial charge in [0.1, 0.15) is 5.75 Å². The number of para-hydroxylation sites is 2. The highest BCUT2D eigenvalue weighted by molar-refractivity contribution is 5.66. The second-order valence-corrected chi connectivity index (χ2v) is 6.25. The molecular weight excluding hydrogens is 359 g/mol. The van der Waals surface area contributed by atoms with Gasteiger partial charge in [-0.3, -0.25) is 0 Å². The first kappa shape index (κ1) is 17.4. The Balaban J connectivity index is 1.57. The number of nitrogens with zero attached hydrogens (tertiary/aromatic N) is 5. The van der Waals surface area contributed by atoms with Gasteiger partial charge in [0, 0.05) is 44.8 Å². The van der Waals surface area contributed by atoms with Gasteiger partial charge < -0.3 is 18.9 Å². The molecule has 27 heavy (non-hydrogen) atoms. The molecule has 9 heteroatoms.